The normalized spacial score (nSPS) is 14.6. The number of aryl methyl sites for hydroxylation is 1. The second-order valence-electron chi connectivity index (χ2n) is 8.34. The van der Waals surface area contributed by atoms with Crippen molar-refractivity contribution in [2.75, 3.05) is 10.6 Å². The number of anilines is 3. The number of nitrogens with zero attached hydrogens (tertiary/aromatic N) is 4. The lowest BCUT2D eigenvalue weighted by molar-refractivity contribution is 0.102. The molecular weight excluding hydrogens is 424 g/mol. The highest BCUT2D eigenvalue weighted by Crippen LogP contribution is 2.35. The number of hydrogen-bond donors (Lipinski definition) is 2. The molecule has 6 rings (SSSR count). The van der Waals surface area contributed by atoms with Crippen molar-refractivity contribution in [1.29, 1.82) is 0 Å². The first-order valence-electron chi connectivity index (χ1n) is 11.3. The fourth-order valence-corrected chi connectivity index (χ4v) is 4.47. The number of amides is 1. The van der Waals surface area contributed by atoms with E-state index in [4.69, 9.17) is 4.98 Å². The molecule has 0 spiro atoms. The smallest absolute Gasteiger partial charge is 0.255 e. The predicted molar refractivity (Wildman–Crippen MR) is 132 cm³/mol. The van der Waals surface area contributed by atoms with Crippen molar-refractivity contribution in [3.8, 4) is 0 Å². The molecule has 7 nitrogen and oxygen atoms in total. The quantitative estimate of drug-likeness (QED) is 0.380. The Bertz CT molecular complexity index is 1480. The maximum absolute atomic E-state index is 12.4. The van der Waals surface area contributed by atoms with Crippen molar-refractivity contribution < 1.29 is 4.79 Å². The summed E-state index contributed by atoms with van der Waals surface area (Å²) in [6, 6.07) is 25.3. The first kappa shape index (κ1) is 20.1. The van der Waals surface area contributed by atoms with Crippen LogP contribution in [0.15, 0.2) is 91.3 Å². The van der Waals surface area contributed by atoms with Crippen LogP contribution in [0.1, 0.15) is 33.9 Å². The van der Waals surface area contributed by atoms with Crippen LogP contribution in [0.25, 0.3) is 11.0 Å². The summed E-state index contributed by atoms with van der Waals surface area (Å²) < 4.78 is 2.01. The largest absolute Gasteiger partial charge is 0.324 e. The summed E-state index contributed by atoms with van der Waals surface area (Å²) in [5, 5.41) is 11.7. The van der Waals surface area contributed by atoms with Gasteiger partial charge in [0.2, 0.25) is 5.95 Å². The topological polar surface area (TPSA) is 84.7 Å². The minimum Gasteiger partial charge on any atom is -0.324 e. The molecule has 0 saturated carbocycles. The maximum Gasteiger partial charge on any atom is 0.255 e. The Morgan fingerprint density at radius 3 is 2.50 bits per heavy atom. The fourth-order valence-electron chi connectivity index (χ4n) is 4.47. The number of nitrogens with one attached hydrogen (secondary N) is 2. The van der Waals surface area contributed by atoms with E-state index in [2.05, 4.69) is 45.0 Å². The van der Waals surface area contributed by atoms with Gasteiger partial charge in [-0.1, -0.05) is 42.5 Å². The highest BCUT2D eigenvalue weighted by Gasteiger charge is 2.26. The molecule has 0 saturated heterocycles. The zero-order chi connectivity index (χ0) is 22.9. The molecule has 7 heteroatoms. The average molecular weight is 447 g/mol. The molecule has 34 heavy (non-hydrogen) atoms. The van der Waals surface area contributed by atoms with E-state index >= 15 is 0 Å². The van der Waals surface area contributed by atoms with Crippen LogP contribution in [-0.2, 0) is 6.42 Å². The summed E-state index contributed by atoms with van der Waals surface area (Å²) in [6.45, 7) is 0. The summed E-state index contributed by atoms with van der Waals surface area (Å²) in [6.07, 6.45) is 5.68. The Balaban J connectivity index is 1.21. The first-order chi connectivity index (χ1) is 16.7. The molecule has 3 aromatic carbocycles. The van der Waals surface area contributed by atoms with Crippen molar-refractivity contribution in [2.24, 2.45) is 0 Å². The monoisotopic (exact) mass is 446 g/mol. The lowest BCUT2D eigenvalue weighted by Gasteiger charge is -2.13. The third kappa shape index (κ3) is 3.77. The van der Waals surface area contributed by atoms with Gasteiger partial charge in [-0.15, -0.1) is 0 Å². The molecule has 1 aliphatic rings. The molecule has 1 unspecified atom stereocenters. The molecule has 0 aliphatic heterocycles. The summed E-state index contributed by atoms with van der Waals surface area (Å²) in [4.78, 5) is 21.6. The molecule has 2 heterocycles. The van der Waals surface area contributed by atoms with Crippen LogP contribution >= 0.6 is 0 Å². The van der Waals surface area contributed by atoms with Crippen LogP contribution in [0.5, 0.6) is 0 Å². The molecule has 0 bridgehead atoms. The Hall–Kier alpha value is -4.52. The van der Waals surface area contributed by atoms with E-state index in [1.165, 1.54) is 11.1 Å². The van der Waals surface area contributed by atoms with Crippen LogP contribution in [0.3, 0.4) is 0 Å². The van der Waals surface area contributed by atoms with Crippen LogP contribution in [0.4, 0.5) is 17.3 Å². The van der Waals surface area contributed by atoms with Gasteiger partial charge >= 0.3 is 0 Å². The molecule has 2 N–H and O–H groups in total. The number of aromatic nitrogens is 4. The molecular formula is C27H22N6O. The molecule has 1 atom stereocenters. The number of benzene rings is 3. The van der Waals surface area contributed by atoms with E-state index in [9.17, 15) is 4.79 Å². The van der Waals surface area contributed by atoms with Crippen LogP contribution in [0.2, 0.25) is 0 Å². The molecule has 1 aliphatic carbocycles. The van der Waals surface area contributed by atoms with E-state index in [0.717, 1.165) is 29.6 Å². The minimum absolute atomic E-state index is 0.142. The number of fused-ring (bicyclic) bond motifs is 2. The van der Waals surface area contributed by atoms with Gasteiger partial charge in [0, 0.05) is 23.1 Å². The Morgan fingerprint density at radius 1 is 0.882 bits per heavy atom. The summed E-state index contributed by atoms with van der Waals surface area (Å²) in [5.41, 5.74) is 5.67. The van der Waals surface area contributed by atoms with Gasteiger partial charge in [0.15, 0.2) is 5.65 Å². The summed E-state index contributed by atoms with van der Waals surface area (Å²) >= 11 is 0. The second kappa shape index (κ2) is 8.44. The highest BCUT2D eigenvalue weighted by molar-refractivity contribution is 6.04. The van der Waals surface area contributed by atoms with E-state index in [-0.39, 0.29) is 11.9 Å². The zero-order valence-corrected chi connectivity index (χ0v) is 18.3. The van der Waals surface area contributed by atoms with Gasteiger partial charge in [-0.25, -0.2) is 9.67 Å². The van der Waals surface area contributed by atoms with Gasteiger partial charge < -0.3 is 10.6 Å². The van der Waals surface area contributed by atoms with Crippen LogP contribution in [0, 0.1) is 0 Å². The van der Waals surface area contributed by atoms with Gasteiger partial charge in [-0.3, -0.25) is 4.79 Å². The van der Waals surface area contributed by atoms with Gasteiger partial charge in [0.25, 0.3) is 5.91 Å². The lowest BCUT2D eigenvalue weighted by Crippen LogP contribution is -2.11. The standard InChI is InChI=1S/C27H22N6O/c34-26(19-7-2-1-3-8-19)30-21-11-13-22(14-12-21)31-27-28-16-20-17-29-33(25(20)32-27)24-15-10-18-6-4-5-9-23(18)24/h1-9,11-14,16-17,24H,10,15H2,(H,30,34)(H,28,31,32). The third-order valence-electron chi connectivity index (χ3n) is 6.17. The van der Waals surface area contributed by atoms with Crippen LogP contribution in [-0.4, -0.2) is 25.7 Å². The summed E-state index contributed by atoms with van der Waals surface area (Å²) in [5.74, 6) is 0.360. The molecule has 1 amide bonds. The van der Waals surface area contributed by atoms with Gasteiger partial charge in [0.1, 0.15) is 0 Å². The predicted octanol–water partition coefficient (Wildman–Crippen LogP) is 5.36. The highest BCUT2D eigenvalue weighted by atomic mass is 16.1. The zero-order valence-electron chi connectivity index (χ0n) is 18.3. The lowest BCUT2D eigenvalue weighted by atomic mass is 10.1. The van der Waals surface area contributed by atoms with Gasteiger partial charge in [-0.05, 0) is 60.4 Å². The molecule has 2 aromatic heterocycles. The van der Waals surface area contributed by atoms with Crippen molar-refractivity contribution >= 4 is 34.3 Å². The van der Waals surface area contributed by atoms with Gasteiger partial charge in [-0.2, -0.15) is 10.1 Å². The van der Waals surface area contributed by atoms with E-state index < -0.39 is 0 Å². The number of hydrogen-bond acceptors (Lipinski definition) is 5. The van der Waals surface area contributed by atoms with Crippen LogP contribution < -0.4 is 10.6 Å². The fraction of sp³-hybridized carbons (Fsp3) is 0.111. The third-order valence-corrected chi connectivity index (χ3v) is 6.17. The molecule has 5 aromatic rings. The minimum atomic E-state index is -0.142. The number of carbonyl (C=O) groups is 1. The number of carbonyl (C=O) groups excluding carboxylic acids is 1. The summed E-state index contributed by atoms with van der Waals surface area (Å²) in [7, 11) is 0. The van der Waals surface area contributed by atoms with E-state index in [1.807, 2.05) is 53.3 Å². The Morgan fingerprint density at radius 2 is 1.65 bits per heavy atom. The van der Waals surface area contributed by atoms with E-state index in [0.29, 0.717) is 17.2 Å². The molecule has 0 radical (unpaired) electrons. The van der Waals surface area contributed by atoms with Crippen molar-refractivity contribution in [3.63, 3.8) is 0 Å². The Labute approximate surface area is 196 Å². The van der Waals surface area contributed by atoms with Gasteiger partial charge in [0.05, 0.1) is 17.6 Å². The molecule has 166 valence electrons. The maximum atomic E-state index is 12.4. The second-order valence-corrected chi connectivity index (χ2v) is 8.34. The van der Waals surface area contributed by atoms with E-state index in [1.54, 1.807) is 18.3 Å². The SMILES string of the molecule is O=C(Nc1ccc(Nc2ncc3cnn(C4CCc5ccccc54)c3n2)cc1)c1ccccc1. The average Bonchev–Trinajstić information content (AvgIpc) is 3.49. The van der Waals surface area contributed by atoms with Crippen molar-refractivity contribution in [2.45, 2.75) is 18.9 Å². The Kier molecular flexibility index (Phi) is 4.99. The number of rotatable bonds is 5. The molecule has 0 fully saturated rings. The van der Waals surface area contributed by atoms with Crippen molar-refractivity contribution in [1.82, 2.24) is 19.7 Å². The first-order valence-corrected chi connectivity index (χ1v) is 11.3. The van der Waals surface area contributed by atoms with Crippen molar-refractivity contribution in [3.05, 3.63) is 108 Å².